The molecule has 7 nitrogen and oxygen atoms in total. The standard InChI is InChI=1S/C32H35NO6/c1-2-17-32(31(37)33-21-23-13-15-27(16-14-23)39-26-11-7-4-8-12-26)20-25(28(32)19-29(34)35)18-30(36)38-22-24-9-5-3-6-10-24/h3-16,25,28H,2,17-22H2,1H3,(H,33,37)(H,34,35). The van der Waals surface area contributed by atoms with Gasteiger partial charge in [-0.1, -0.05) is 74.0 Å². The molecule has 1 saturated carbocycles. The van der Waals surface area contributed by atoms with Crippen LogP contribution >= 0.6 is 0 Å². The summed E-state index contributed by atoms with van der Waals surface area (Å²) in [7, 11) is 0. The first-order chi connectivity index (χ1) is 18.9. The number of amides is 1. The number of rotatable bonds is 13. The predicted octanol–water partition coefficient (Wildman–Crippen LogP) is 6.13. The van der Waals surface area contributed by atoms with Gasteiger partial charge < -0.3 is 19.9 Å². The summed E-state index contributed by atoms with van der Waals surface area (Å²) in [6.07, 6.45) is 1.72. The summed E-state index contributed by atoms with van der Waals surface area (Å²) in [5.41, 5.74) is 0.986. The zero-order valence-corrected chi connectivity index (χ0v) is 22.2. The van der Waals surface area contributed by atoms with Gasteiger partial charge in [0.15, 0.2) is 0 Å². The minimum absolute atomic E-state index is 0.104. The van der Waals surface area contributed by atoms with Crippen LogP contribution in [-0.2, 0) is 32.3 Å². The summed E-state index contributed by atoms with van der Waals surface area (Å²) in [5.74, 6) is -0.701. The Bertz CT molecular complexity index is 1240. The lowest BCUT2D eigenvalue weighted by atomic mass is 9.49. The second-order valence-corrected chi connectivity index (χ2v) is 10.2. The molecule has 3 aromatic rings. The minimum atomic E-state index is -0.968. The molecule has 0 radical (unpaired) electrons. The lowest BCUT2D eigenvalue weighted by Gasteiger charge is -2.53. The predicted molar refractivity (Wildman–Crippen MR) is 147 cm³/mol. The Morgan fingerprint density at radius 3 is 2.15 bits per heavy atom. The summed E-state index contributed by atoms with van der Waals surface area (Å²) in [6.45, 7) is 2.48. The fourth-order valence-corrected chi connectivity index (χ4v) is 5.59. The molecule has 7 heteroatoms. The highest BCUT2D eigenvalue weighted by atomic mass is 16.5. The molecule has 204 valence electrons. The third-order valence-corrected chi connectivity index (χ3v) is 7.47. The van der Waals surface area contributed by atoms with Crippen molar-refractivity contribution in [2.24, 2.45) is 17.3 Å². The van der Waals surface area contributed by atoms with E-state index in [-0.39, 0.29) is 37.2 Å². The van der Waals surface area contributed by atoms with Gasteiger partial charge in [0, 0.05) is 19.4 Å². The van der Waals surface area contributed by atoms with Crippen LogP contribution < -0.4 is 10.1 Å². The molecule has 3 atom stereocenters. The van der Waals surface area contributed by atoms with E-state index >= 15 is 0 Å². The summed E-state index contributed by atoms with van der Waals surface area (Å²) in [5, 5.41) is 12.6. The summed E-state index contributed by atoms with van der Waals surface area (Å²) < 4.78 is 11.3. The molecule has 0 saturated heterocycles. The van der Waals surface area contributed by atoms with Crippen molar-refractivity contribution in [1.29, 1.82) is 0 Å². The summed E-state index contributed by atoms with van der Waals surface area (Å²) in [4.78, 5) is 37.8. The zero-order valence-electron chi connectivity index (χ0n) is 22.2. The molecule has 0 aromatic heterocycles. The lowest BCUT2D eigenvalue weighted by Crippen LogP contribution is -2.57. The van der Waals surface area contributed by atoms with Crippen LogP contribution in [0.3, 0.4) is 0 Å². The molecule has 0 bridgehead atoms. The molecule has 3 unspecified atom stereocenters. The van der Waals surface area contributed by atoms with Crippen LogP contribution in [0.4, 0.5) is 0 Å². The second kappa shape index (κ2) is 13.1. The molecule has 1 amide bonds. The van der Waals surface area contributed by atoms with E-state index in [0.29, 0.717) is 25.1 Å². The van der Waals surface area contributed by atoms with Gasteiger partial charge in [0.25, 0.3) is 0 Å². The third-order valence-electron chi connectivity index (χ3n) is 7.47. The molecule has 0 aliphatic heterocycles. The molecular formula is C32H35NO6. The van der Waals surface area contributed by atoms with E-state index in [2.05, 4.69) is 5.32 Å². The number of carbonyl (C=O) groups is 3. The number of carbonyl (C=O) groups excluding carboxylic acids is 2. The van der Waals surface area contributed by atoms with Crippen molar-refractivity contribution >= 4 is 17.8 Å². The van der Waals surface area contributed by atoms with Gasteiger partial charge in [-0.3, -0.25) is 14.4 Å². The molecule has 1 aliphatic rings. The number of hydrogen-bond donors (Lipinski definition) is 2. The zero-order chi connectivity index (χ0) is 27.7. The highest BCUT2D eigenvalue weighted by molar-refractivity contribution is 5.85. The maximum atomic E-state index is 13.5. The quantitative estimate of drug-likeness (QED) is 0.259. The third kappa shape index (κ3) is 7.25. The largest absolute Gasteiger partial charge is 0.481 e. The normalized spacial score (nSPS) is 19.9. The number of nitrogens with one attached hydrogen (secondary N) is 1. The number of carboxylic acids is 1. The van der Waals surface area contributed by atoms with Gasteiger partial charge >= 0.3 is 11.9 Å². The van der Waals surface area contributed by atoms with Gasteiger partial charge in [-0.25, -0.2) is 0 Å². The van der Waals surface area contributed by atoms with Crippen LogP contribution in [0.25, 0.3) is 0 Å². The Hall–Kier alpha value is -4.13. The van der Waals surface area contributed by atoms with E-state index < -0.39 is 17.3 Å². The number of aliphatic carboxylic acids is 1. The number of benzene rings is 3. The van der Waals surface area contributed by atoms with Crippen molar-refractivity contribution in [1.82, 2.24) is 5.32 Å². The van der Waals surface area contributed by atoms with Crippen molar-refractivity contribution < 1.29 is 29.0 Å². The van der Waals surface area contributed by atoms with Crippen LogP contribution in [0.2, 0.25) is 0 Å². The fourth-order valence-electron chi connectivity index (χ4n) is 5.59. The maximum Gasteiger partial charge on any atom is 0.306 e. The van der Waals surface area contributed by atoms with Crippen LogP contribution in [0.1, 0.15) is 50.2 Å². The SMILES string of the molecule is CCCC1(C(=O)NCc2ccc(Oc3ccccc3)cc2)CC(CC(=O)OCc2ccccc2)C1CC(=O)O. The van der Waals surface area contributed by atoms with Gasteiger partial charge in [-0.05, 0) is 60.1 Å². The number of hydrogen-bond acceptors (Lipinski definition) is 5. The molecule has 0 heterocycles. The molecule has 0 spiro atoms. The molecule has 1 aliphatic carbocycles. The smallest absolute Gasteiger partial charge is 0.306 e. The van der Waals surface area contributed by atoms with Gasteiger partial charge in [0.2, 0.25) is 5.91 Å². The van der Waals surface area contributed by atoms with Crippen molar-refractivity contribution in [3.05, 3.63) is 96.1 Å². The van der Waals surface area contributed by atoms with Gasteiger partial charge in [-0.2, -0.15) is 0 Å². The van der Waals surface area contributed by atoms with Crippen LogP contribution in [0.5, 0.6) is 11.5 Å². The Kier molecular flexibility index (Phi) is 9.36. The van der Waals surface area contributed by atoms with Gasteiger partial charge in [-0.15, -0.1) is 0 Å². The highest BCUT2D eigenvalue weighted by Crippen LogP contribution is 2.57. The van der Waals surface area contributed by atoms with E-state index in [1.807, 2.05) is 91.9 Å². The average molecular weight is 530 g/mol. The number of para-hydroxylation sites is 1. The monoisotopic (exact) mass is 529 g/mol. The number of esters is 1. The molecule has 1 fully saturated rings. The summed E-state index contributed by atoms with van der Waals surface area (Å²) >= 11 is 0. The van der Waals surface area contributed by atoms with Crippen molar-refractivity contribution in [3.8, 4) is 11.5 Å². The number of ether oxygens (including phenoxy) is 2. The van der Waals surface area contributed by atoms with Gasteiger partial charge in [0.1, 0.15) is 18.1 Å². The van der Waals surface area contributed by atoms with E-state index in [1.165, 1.54) is 0 Å². The van der Waals surface area contributed by atoms with Gasteiger partial charge in [0.05, 0.1) is 5.41 Å². The second-order valence-electron chi connectivity index (χ2n) is 10.2. The van der Waals surface area contributed by atoms with Crippen molar-refractivity contribution in [3.63, 3.8) is 0 Å². The Labute approximate surface area is 229 Å². The van der Waals surface area contributed by atoms with Crippen LogP contribution in [0.15, 0.2) is 84.9 Å². The highest BCUT2D eigenvalue weighted by Gasteiger charge is 2.58. The Morgan fingerprint density at radius 1 is 0.872 bits per heavy atom. The maximum absolute atomic E-state index is 13.5. The topological polar surface area (TPSA) is 102 Å². The molecular weight excluding hydrogens is 494 g/mol. The fraction of sp³-hybridized carbons (Fsp3) is 0.344. The number of carboxylic acid groups (broad SMARTS) is 1. The first-order valence-corrected chi connectivity index (χ1v) is 13.4. The lowest BCUT2D eigenvalue weighted by molar-refractivity contribution is -0.166. The molecule has 2 N–H and O–H groups in total. The van der Waals surface area contributed by atoms with E-state index in [4.69, 9.17) is 9.47 Å². The molecule has 39 heavy (non-hydrogen) atoms. The first-order valence-electron chi connectivity index (χ1n) is 13.4. The van der Waals surface area contributed by atoms with E-state index in [1.54, 1.807) is 0 Å². The molecule has 3 aromatic carbocycles. The van der Waals surface area contributed by atoms with Crippen LogP contribution in [-0.4, -0.2) is 23.0 Å². The van der Waals surface area contributed by atoms with Crippen LogP contribution in [0, 0.1) is 17.3 Å². The molecule has 4 rings (SSSR count). The Morgan fingerprint density at radius 2 is 1.51 bits per heavy atom. The average Bonchev–Trinajstić information content (AvgIpc) is 2.94. The first kappa shape index (κ1) is 27.9. The summed E-state index contributed by atoms with van der Waals surface area (Å²) in [6, 6.07) is 26.4. The van der Waals surface area contributed by atoms with E-state index in [0.717, 1.165) is 23.3 Å². The van der Waals surface area contributed by atoms with Crippen molar-refractivity contribution in [2.75, 3.05) is 0 Å². The van der Waals surface area contributed by atoms with E-state index in [9.17, 15) is 19.5 Å². The minimum Gasteiger partial charge on any atom is -0.481 e. The van der Waals surface area contributed by atoms with Crippen molar-refractivity contribution in [2.45, 2.75) is 52.2 Å². The Balaban J connectivity index is 1.36.